The fourth-order valence-electron chi connectivity index (χ4n) is 2.53. The fraction of sp³-hybridized carbons (Fsp3) is 0.375. The Balaban J connectivity index is 1.89. The van der Waals surface area contributed by atoms with Gasteiger partial charge in [0.1, 0.15) is 17.4 Å². The third-order valence-corrected chi connectivity index (χ3v) is 5.16. The van der Waals surface area contributed by atoms with E-state index in [0.29, 0.717) is 12.3 Å². The van der Waals surface area contributed by atoms with Gasteiger partial charge in [-0.1, -0.05) is 18.7 Å². The van der Waals surface area contributed by atoms with Crippen LogP contribution in [0.2, 0.25) is 0 Å². The molecule has 2 aliphatic rings. The summed E-state index contributed by atoms with van der Waals surface area (Å²) in [5.41, 5.74) is 0.968. The number of carbonyl (C=O) groups is 1. The third-order valence-electron chi connectivity index (χ3n) is 3.65. The summed E-state index contributed by atoms with van der Waals surface area (Å²) in [4.78, 5) is 16.9. The van der Waals surface area contributed by atoms with E-state index in [9.17, 15) is 4.79 Å². The molecular weight excluding hydrogens is 348 g/mol. The lowest BCUT2D eigenvalue weighted by Crippen LogP contribution is -2.29. The molecule has 0 spiro atoms. The maximum Gasteiger partial charge on any atom is 0.299 e. The molecule has 128 valence electrons. The molecule has 8 heteroatoms. The van der Waals surface area contributed by atoms with Crippen LogP contribution >= 0.6 is 24.0 Å². The van der Waals surface area contributed by atoms with E-state index in [2.05, 4.69) is 0 Å². The monoisotopic (exact) mass is 366 g/mol. The van der Waals surface area contributed by atoms with Gasteiger partial charge in [0.05, 0.1) is 12.3 Å². The van der Waals surface area contributed by atoms with E-state index < -0.39 is 0 Å². The standard InChI is InChI=1S/C16H18N2O4S2/c1-3-6-18-14(20)13(22-16(18)23)15-17(2)11-5-4-10(21-8-7-19)9-12(11)24-15/h4-5,9,19H,3,6-8H2,1-2H3/b15-13-. The van der Waals surface area contributed by atoms with Crippen LogP contribution in [0.3, 0.4) is 0 Å². The van der Waals surface area contributed by atoms with Crippen molar-refractivity contribution in [1.29, 1.82) is 0 Å². The Morgan fingerprint density at radius 1 is 1.42 bits per heavy atom. The minimum absolute atomic E-state index is 0.0352. The number of aliphatic hydroxyl groups is 1. The number of rotatable bonds is 5. The van der Waals surface area contributed by atoms with Crippen LogP contribution in [0.15, 0.2) is 33.9 Å². The van der Waals surface area contributed by atoms with E-state index >= 15 is 0 Å². The maximum absolute atomic E-state index is 12.6. The van der Waals surface area contributed by atoms with Crippen molar-refractivity contribution >= 4 is 40.7 Å². The van der Waals surface area contributed by atoms with Gasteiger partial charge in [0, 0.05) is 18.5 Å². The van der Waals surface area contributed by atoms with Gasteiger partial charge in [0.15, 0.2) is 0 Å². The third kappa shape index (κ3) is 2.97. The smallest absolute Gasteiger partial charge is 0.299 e. The molecule has 1 aromatic carbocycles. The van der Waals surface area contributed by atoms with Crippen LogP contribution in [0.5, 0.6) is 5.75 Å². The van der Waals surface area contributed by atoms with Crippen LogP contribution in [0.25, 0.3) is 0 Å². The van der Waals surface area contributed by atoms with E-state index in [4.69, 9.17) is 26.8 Å². The van der Waals surface area contributed by atoms with Crippen molar-refractivity contribution in [2.45, 2.75) is 18.2 Å². The number of aliphatic hydroxyl groups excluding tert-OH is 1. The summed E-state index contributed by atoms with van der Waals surface area (Å²) in [5, 5.41) is 9.78. The van der Waals surface area contributed by atoms with E-state index in [-0.39, 0.29) is 30.1 Å². The molecule has 0 aliphatic carbocycles. The van der Waals surface area contributed by atoms with Crippen LogP contribution in [0, 0.1) is 0 Å². The zero-order valence-corrected chi connectivity index (χ0v) is 15.1. The Morgan fingerprint density at radius 3 is 2.92 bits per heavy atom. The number of anilines is 1. The first-order valence-corrected chi connectivity index (χ1v) is 8.86. The van der Waals surface area contributed by atoms with Gasteiger partial charge in [-0.2, -0.15) is 0 Å². The largest absolute Gasteiger partial charge is 0.491 e. The molecule has 0 radical (unpaired) electrons. The van der Waals surface area contributed by atoms with Crippen molar-refractivity contribution in [3.05, 3.63) is 29.0 Å². The number of hydrogen-bond acceptors (Lipinski definition) is 7. The van der Waals surface area contributed by atoms with Crippen LogP contribution in [0.1, 0.15) is 13.3 Å². The van der Waals surface area contributed by atoms with Gasteiger partial charge >= 0.3 is 0 Å². The Morgan fingerprint density at radius 2 is 2.21 bits per heavy atom. The SMILES string of the molecule is CCCN1C(=O)/C(=C2/Sc3cc(OCCO)ccc3N2C)OC1=S. The summed E-state index contributed by atoms with van der Waals surface area (Å²) in [6.07, 6.45) is 0.812. The first kappa shape index (κ1) is 17.1. The van der Waals surface area contributed by atoms with E-state index in [1.807, 2.05) is 37.1 Å². The second-order valence-electron chi connectivity index (χ2n) is 5.32. The number of carbonyl (C=O) groups excluding carboxylic acids is 1. The van der Waals surface area contributed by atoms with Crippen LogP contribution < -0.4 is 9.64 Å². The summed E-state index contributed by atoms with van der Waals surface area (Å²) in [6, 6.07) is 5.65. The molecule has 2 heterocycles. The lowest BCUT2D eigenvalue weighted by molar-refractivity contribution is -0.123. The molecular formula is C16H18N2O4S2. The maximum atomic E-state index is 12.6. The molecule has 0 saturated carbocycles. The molecule has 1 N–H and O–H groups in total. The molecule has 2 aliphatic heterocycles. The van der Waals surface area contributed by atoms with E-state index in [1.165, 1.54) is 16.7 Å². The number of nitrogens with zero attached hydrogens (tertiary/aromatic N) is 2. The molecule has 0 atom stereocenters. The molecule has 3 rings (SSSR count). The lowest BCUT2D eigenvalue weighted by Gasteiger charge is -2.14. The number of fused-ring (bicyclic) bond motifs is 1. The van der Waals surface area contributed by atoms with Crippen LogP contribution in [-0.4, -0.2) is 47.9 Å². The van der Waals surface area contributed by atoms with E-state index in [1.54, 1.807) is 0 Å². The lowest BCUT2D eigenvalue weighted by atomic mass is 10.3. The van der Waals surface area contributed by atoms with Gasteiger partial charge in [0.2, 0.25) is 5.76 Å². The molecule has 1 fully saturated rings. The Hall–Kier alpha value is -1.77. The highest BCUT2D eigenvalue weighted by Gasteiger charge is 2.39. The van der Waals surface area contributed by atoms with Gasteiger partial charge in [-0.15, -0.1) is 0 Å². The van der Waals surface area contributed by atoms with Crippen molar-refractivity contribution < 1.29 is 19.4 Å². The van der Waals surface area contributed by atoms with Crippen molar-refractivity contribution in [2.75, 3.05) is 31.7 Å². The number of hydrogen-bond donors (Lipinski definition) is 1. The van der Waals surface area contributed by atoms with Gasteiger partial charge in [-0.3, -0.25) is 9.69 Å². The number of amides is 1. The van der Waals surface area contributed by atoms with Crippen molar-refractivity contribution in [3.8, 4) is 5.75 Å². The van der Waals surface area contributed by atoms with Gasteiger partial charge in [-0.05, 0) is 36.8 Å². The molecule has 0 bridgehead atoms. The number of benzene rings is 1. The summed E-state index contributed by atoms with van der Waals surface area (Å²) < 4.78 is 11.0. The van der Waals surface area contributed by atoms with Crippen molar-refractivity contribution in [2.24, 2.45) is 0 Å². The number of thiocarbonyl (C=S) groups is 1. The first-order valence-electron chi connectivity index (χ1n) is 7.64. The fourth-order valence-corrected chi connectivity index (χ4v) is 3.94. The van der Waals surface area contributed by atoms with Gasteiger partial charge < -0.3 is 19.5 Å². The second-order valence-corrected chi connectivity index (χ2v) is 6.70. The van der Waals surface area contributed by atoms with Crippen molar-refractivity contribution in [1.82, 2.24) is 4.90 Å². The van der Waals surface area contributed by atoms with Gasteiger partial charge in [0.25, 0.3) is 11.1 Å². The van der Waals surface area contributed by atoms with Crippen molar-refractivity contribution in [3.63, 3.8) is 0 Å². The molecule has 1 saturated heterocycles. The Kier molecular flexibility index (Phi) is 4.98. The minimum atomic E-state index is -0.194. The first-order chi connectivity index (χ1) is 11.6. The zero-order chi connectivity index (χ0) is 17.3. The molecule has 6 nitrogen and oxygen atoms in total. The summed E-state index contributed by atoms with van der Waals surface area (Å²) in [5.74, 6) is 0.757. The number of thioether (sulfide) groups is 1. The van der Waals surface area contributed by atoms with Crippen LogP contribution in [-0.2, 0) is 9.53 Å². The molecule has 0 unspecified atom stereocenters. The highest BCUT2D eigenvalue weighted by molar-refractivity contribution is 8.03. The quantitative estimate of drug-likeness (QED) is 0.634. The minimum Gasteiger partial charge on any atom is -0.491 e. The summed E-state index contributed by atoms with van der Waals surface area (Å²) >= 11 is 6.61. The molecule has 1 aromatic rings. The molecule has 24 heavy (non-hydrogen) atoms. The highest BCUT2D eigenvalue weighted by atomic mass is 32.2. The topological polar surface area (TPSA) is 62.2 Å². The highest BCUT2D eigenvalue weighted by Crippen LogP contribution is 2.48. The molecule has 0 aromatic heterocycles. The zero-order valence-electron chi connectivity index (χ0n) is 13.4. The van der Waals surface area contributed by atoms with Crippen LogP contribution in [0.4, 0.5) is 5.69 Å². The molecule has 1 amide bonds. The van der Waals surface area contributed by atoms with Gasteiger partial charge in [-0.25, -0.2) is 0 Å². The second kappa shape index (κ2) is 7.00. The number of ether oxygens (including phenoxy) is 2. The van der Waals surface area contributed by atoms with E-state index in [0.717, 1.165) is 22.0 Å². The average molecular weight is 366 g/mol. The normalized spacial score (nSPS) is 19.8. The summed E-state index contributed by atoms with van der Waals surface area (Å²) in [7, 11) is 1.89. The Labute approximate surface area is 150 Å². The average Bonchev–Trinajstić information content (AvgIpc) is 3.04. The predicted molar refractivity (Wildman–Crippen MR) is 96.0 cm³/mol. The Bertz CT molecular complexity index is 720. The predicted octanol–water partition coefficient (Wildman–Crippen LogP) is 2.32. The summed E-state index contributed by atoms with van der Waals surface area (Å²) in [6.45, 7) is 2.75.